The first kappa shape index (κ1) is 24.9. The molecule has 1 aliphatic heterocycles. The molecule has 2 N–H and O–H groups in total. The highest BCUT2D eigenvalue weighted by atomic mass is 19.1. The Morgan fingerprint density at radius 3 is 2.78 bits per heavy atom. The third-order valence-corrected chi connectivity index (χ3v) is 6.77. The number of ether oxygens (including phenoxy) is 3. The number of amides is 2. The van der Waals surface area contributed by atoms with E-state index in [4.69, 9.17) is 14.2 Å². The molecule has 1 aliphatic carbocycles. The van der Waals surface area contributed by atoms with Crippen molar-refractivity contribution in [3.8, 4) is 22.8 Å². The molecule has 37 heavy (non-hydrogen) atoms. The molecule has 2 aliphatic rings. The summed E-state index contributed by atoms with van der Waals surface area (Å²) < 4.78 is 30.8. The van der Waals surface area contributed by atoms with E-state index in [1.54, 1.807) is 11.1 Å². The number of carbonyl (C=O) groups excluding carboxylic acids is 2. The van der Waals surface area contributed by atoms with Crippen molar-refractivity contribution in [2.24, 2.45) is 5.92 Å². The van der Waals surface area contributed by atoms with Crippen LogP contribution in [-0.4, -0.2) is 78.2 Å². The summed E-state index contributed by atoms with van der Waals surface area (Å²) in [5.41, 5.74) is 2.11. The van der Waals surface area contributed by atoms with Gasteiger partial charge >= 0.3 is 0 Å². The van der Waals surface area contributed by atoms with Crippen molar-refractivity contribution in [1.82, 2.24) is 25.2 Å². The van der Waals surface area contributed by atoms with E-state index < -0.39 is 5.82 Å². The van der Waals surface area contributed by atoms with Crippen molar-refractivity contribution < 1.29 is 28.2 Å². The standard InChI is InChI=1S/C26H30FN5O5/c1-35-13-22(33)32-7-3-4-16(11-32)31-26(34)18-10-28-25-23(29-14-30-24(18)25)17-8-19(27)21(36-2)9-20(17)37-12-15-5-6-15/h8-10,14-16,28H,3-7,11-13H2,1-2H3,(H,31,34)/t16-/m1/s1. The number of halogens is 1. The molecule has 5 rings (SSSR count). The molecule has 196 valence electrons. The minimum Gasteiger partial charge on any atom is -0.494 e. The highest BCUT2D eigenvalue weighted by Gasteiger charge is 2.27. The highest BCUT2D eigenvalue weighted by molar-refractivity contribution is 6.08. The lowest BCUT2D eigenvalue weighted by Crippen LogP contribution is -2.50. The van der Waals surface area contributed by atoms with E-state index in [1.165, 1.54) is 32.7 Å². The zero-order chi connectivity index (χ0) is 25.9. The van der Waals surface area contributed by atoms with Gasteiger partial charge in [0, 0.05) is 44.1 Å². The van der Waals surface area contributed by atoms with E-state index in [-0.39, 0.29) is 30.2 Å². The second-order valence-corrected chi connectivity index (χ2v) is 9.47. The average Bonchev–Trinajstić information content (AvgIpc) is 3.63. The van der Waals surface area contributed by atoms with Gasteiger partial charge in [-0.15, -0.1) is 0 Å². The molecule has 1 atom stereocenters. The van der Waals surface area contributed by atoms with Gasteiger partial charge in [0.1, 0.15) is 29.9 Å². The number of benzene rings is 1. The van der Waals surface area contributed by atoms with E-state index in [1.807, 2.05) is 0 Å². The Labute approximate surface area is 213 Å². The predicted molar refractivity (Wildman–Crippen MR) is 133 cm³/mol. The molecular weight excluding hydrogens is 481 g/mol. The first-order chi connectivity index (χ1) is 18.0. The maximum Gasteiger partial charge on any atom is 0.255 e. The minimum atomic E-state index is -0.544. The zero-order valence-electron chi connectivity index (χ0n) is 20.9. The Morgan fingerprint density at radius 1 is 1.19 bits per heavy atom. The van der Waals surface area contributed by atoms with Crippen LogP contribution >= 0.6 is 0 Å². The number of methoxy groups -OCH3 is 2. The first-order valence-corrected chi connectivity index (χ1v) is 12.4. The number of likely N-dealkylation sites (tertiary alicyclic amines) is 1. The van der Waals surface area contributed by atoms with Gasteiger partial charge in [-0.1, -0.05) is 0 Å². The zero-order valence-corrected chi connectivity index (χ0v) is 20.9. The third kappa shape index (κ3) is 5.36. The van der Waals surface area contributed by atoms with Gasteiger partial charge in [0.2, 0.25) is 5.91 Å². The second kappa shape index (κ2) is 10.7. The van der Waals surface area contributed by atoms with Gasteiger partial charge in [0.05, 0.1) is 24.8 Å². The maximum absolute atomic E-state index is 14.7. The molecule has 0 spiro atoms. The van der Waals surface area contributed by atoms with Crippen molar-refractivity contribution in [2.45, 2.75) is 31.7 Å². The van der Waals surface area contributed by atoms with E-state index in [0.717, 1.165) is 25.7 Å². The van der Waals surface area contributed by atoms with Crippen molar-refractivity contribution in [2.75, 3.05) is 40.5 Å². The number of H-pyrrole nitrogens is 1. The molecular formula is C26H30FN5O5. The van der Waals surface area contributed by atoms with Crippen LogP contribution in [0.15, 0.2) is 24.7 Å². The fourth-order valence-electron chi connectivity index (χ4n) is 4.60. The quantitative estimate of drug-likeness (QED) is 0.453. The number of aromatic amines is 1. The van der Waals surface area contributed by atoms with Gasteiger partial charge in [-0.3, -0.25) is 9.59 Å². The lowest BCUT2D eigenvalue weighted by atomic mass is 10.0. The number of hydrogen-bond donors (Lipinski definition) is 2. The summed E-state index contributed by atoms with van der Waals surface area (Å²) in [6, 6.07) is 2.67. The molecule has 0 bridgehead atoms. The number of carbonyl (C=O) groups is 2. The number of rotatable bonds is 9. The van der Waals surface area contributed by atoms with Gasteiger partial charge in [0.25, 0.3) is 5.91 Å². The number of nitrogens with one attached hydrogen (secondary N) is 2. The molecule has 1 saturated carbocycles. The molecule has 10 nitrogen and oxygen atoms in total. The van der Waals surface area contributed by atoms with Gasteiger partial charge in [0.15, 0.2) is 11.6 Å². The van der Waals surface area contributed by atoms with E-state index >= 15 is 0 Å². The molecule has 3 aromatic rings. The van der Waals surface area contributed by atoms with Crippen LogP contribution in [0.1, 0.15) is 36.0 Å². The highest BCUT2D eigenvalue weighted by Crippen LogP contribution is 2.39. The fourth-order valence-corrected chi connectivity index (χ4v) is 4.60. The lowest BCUT2D eigenvalue weighted by molar-refractivity contribution is -0.136. The number of aromatic nitrogens is 3. The monoisotopic (exact) mass is 511 g/mol. The van der Waals surface area contributed by atoms with Crippen LogP contribution < -0.4 is 14.8 Å². The summed E-state index contributed by atoms with van der Waals surface area (Å²) >= 11 is 0. The van der Waals surface area contributed by atoms with Gasteiger partial charge in [-0.2, -0.15) is 0 Å². The molecule has 2 amide bonds. The van der Waals surface area contributed by atoms with E-state index in [2.05, 4.69) is 20.3 Å². The summed E-state index contributed by atoms with van der Waals surface area (Å²) in [6.07, 6.45) is 6.69. The minimum absolute atomic E-state index is 0.0150. The van der Waals surface area contributed by atoms with Gasteiger partial charge < -0.3 is 29.4 Å². The van der Waals surface area contributed by atoms with Crippen molar-refractivity contribution >= 4 is 22.8 Å². The Bertz CT molecular complexity index is 1310. The summed E-state index contributed by atoms with van der Waals surface area (Å²) in [5, 5.41) is 3.02. The van der Waals surface area contributed by atoms with Gasteiger partial charge in [-0.05, 0) is 37.7 Å². The Balaban J connectivity index is 1.41. The fraction of sp³-hybridized carbons (Fsp3) is 0.462. The topological polar surface area (TPSA) is 119 Å². The number of hydrogen-bond acceptors (Lipinski definition) is 7. The molecule has 11 heteroatoms. The smallest absolute Gasteiger partial charge is 0.255 e. The van der Waals surface area contributed by atoms with Crippen LogP contribution in [0.25, 0.3) is 22.3 Å². The first-order valence-electron chi connectivity index (χ1n) is 12.4. The predicted octanol–water partition coefficient (Wildman–Crippen LogP) is 2.93. The van der Waals surface area contributed by atoms with Crippen molar-refractivity contribution in [3.05, 3.63) is 36.0 Å². The largest absolute Gasteiger partial charge is 0.494 e. The van der Waals surface area contributed by atoms with Crippen LogP contribution in [0, 0.1) is 11.7 Å². The molecule has 1 saturated heterocycles. The number of nitrogens with zero attached hydrogens (tertiary/aromatic N) is 3. The summed E-state index contributed by atoms with van der Waals surface area (Å²) in [4.78, 5) is 38.9. The summed E-state index contributed by atoms with van der Waals surface area (Å²) in [5.74, 6) is 0.0733. The van der Waals surface area contributed by atoms with Crippen LogP contribution in [-0.2, 0) is 9.53 Å². The lowest BCUT2D eigenvalue weighted by Gasteiger charge is -2.33. The average molecular weight is 512 g/mol. The maximum atomic E-state index is 14.7. The number of fused-ring (bicyclic) bond motifs is 1. The van der Waals surface area contributed by atoms with Crippen LogP contribution in [0.4, 0.5) is 4.39 Å². The van der Waals surface area contributed by atoms with E-state index in [9.17, 15) is 14.0 Å². The molecule has 1 aromatic carbocycles. The second-order valence-electron chi connectivity index (χ2n) is 9.47. The molecule has 2 aromatic heterocycles. The summed E-state index contributed by atoms with van der Waals surface area (Å²) in [6.45, 7) is 1.60. The van der Waals surface area contributed by atoms with E-state index in [0.29, 0.717) is 59.2 Å². The molecule has 2 fully saturated rings. The Hall–Kier alpha value is -3.73. The Kier molecular flexibility index (Phi) is 7.22. The van der Waals surface area contributed by atoms with Crippen LogP contribution in [0.2, 0.25) is 0 Å². The normalized spacial score (nSPS) is 17.6. The molecule has 0 radical (unpaired) electrons. The molecule has 3 heterocycles. The third-order valence-electron chi connectivity index (χ3n) is 6.77. The Morgan fingerprint density at radius 2 is 2.03 bits per heavy atom. The van der Waals surface area contributed by atoms with Crippen LogP contribution in [0.5, 0.6) is 11.5 Å². The van der Waals surface area contributed by atoms with Gasteiger partial charge in [-0.25, -0.2) is 14.4 Å². The molecule has 0 unspecified atom stereocenters. The SMILES string of the molecule is COCC(=O)N1CCC[C@@H](NC(=O)c2c[nH]c3c(-c4cc(F)c(OC)cc4OCC4CC4)ncnc23)C1. The summed E-state index contributed by atoms with van der Waals surface area (Å²) in [7, 11) is 2.89. The van der Waals surface area contributed by atoms with Crippen molar-refractivity contribution in [3.63, 3.8) is 0 Å². The number of piperidine rings is 1. The van der Waals surface area contributed by atoms with Crippen molar-refractivity contribution in [1.29, 1.82) is 0 Å². The van der Waals surface area contributed by atoms with Crippen LogP contribution in [0.3, 0.4) is 0 Å².